The number of rotatable bonds is 3. The number of hydrogen-bond donors (Lipinski definition) is 2. The molecule has 1 aliphatic carbocycles. The first kappa shape index (κ1) is 16.8. The van der Waals surface area contributed by atoms with Crippen molar-refractivity contribution in [2.24, 2.45) is 0 Å². The van der Waals surface area contributed by atoms with Crippen molar-refractivity contribution in [2.75, 3.05) is 6.54 Å². The lowest BCUT2D eigenvalue weighted by atomic mass is 10.0. The Morgan fingerprint density at radius 2 is 1.96 bits per heavy atom. The quantitative estimate of drug-likeness (QED) is 0.726. The van der Waals surface area contributed by atoms with Gasteiger partial charge in [-0.15, -0.1) is 0 Å². The summed E-state index contributed by atoms with van der Waals surface area (Å²) in [5.74, 6) is -2.31. The van der Waals surface area contributed by atoms with Gasteiger partial charge in [-0.05, 0) is 30.0 Å². The molecule has 3 amide bonds. The van der Waals surface area contributed by atoms with Crippen LogP contribution in [0.1, 0.15) is 41.1 Å². The van der Waals surface area contributed by atoms with Crippen LogP contribution in [0.3, 0.4) is 0 Å². The molecule has 2 fully saturated rings. The van der Waals surface area contributed by atoms with Gasteiger partial charge in [0.25, 0.3) is 0 Å². The van der Waals surface area contributed by atoms with E-state index in [1.165, 1.54) is 12.1 Å². The van der Waals surface area contributed by atoms with Gasteiger partial charge in [0, 0.05) is 30.3 Å². The average molecular weight is 383 g/mol. The van der Waals surface area contributed by atoms with Crippen molar-refractivity contribution < 1.29 is 18.4 Å². The first-order valence-corrected chi connectivity index (χ1v) is 8.89. The van der Waals surface area contributed by atoms with E-state index >= 15 is 0 Å². The van der Waals surface area contributed by atoms with Gasteiger partial charge in [0.2, 0.25) is 5.91 Å². The molecule has 1 aromatic carbocycles. The van der Waals surface area contributed by atoms with Crippen molar-refractivity contribution in [2.45, 2.75) is 24.2 Å². The molecule has 9 heteroatoms. The second-order valence-electron chi connectivity index (χ2n) is 7.07. The average Bonchev–Trinajstić information content (AvgIpc) is 3.28. The second-order valence-corrected chi connectivity index (χ2v) is 7.07. The minimum Gasteiger partial charge on any atom is -0.337 e. The summed E-state index contributed by atoms with van der Waals surface area (Å²) in [6.07, 6.45) is 2.29. The van der Waals surface area contributed by atoms with Crippen molar-refractivity contribution in [3.05, 3.63) is 65.1 Å². The van der Waals surface area contributed by atoms with Crippen molar-refractivity contribution in [1.82, 2.24) is 25.2 Å². The number of hydrogen-bond acceptors (Lipinski definition) is 4. The predicted molar refractivity (Wildman–Crippen MR) is 93.7 cm³/mol. The third-order valence-corrected chi connectivity index (χ3v) is 5.32. The number of fused-ring (bicyclic) bond motifs is 1. The van der Waals surface area contributed by atoms with Crippen LogP contribution in [-0.2, 0) is 4.79 Å². The van der Waals surface area contributed by atoms with Crippen molar-refractivity contribution in [3.8, 4) is 0 Å². The van der Waals surface area contributed by atoms with Crippen LogP contribution in [0.5, 0.6) is 0 Å². The summed E-state index contributed by atoms with van der Waals surface area (Å²) < 4.78 is 29.1. The Balaban J connectivity index is 1.52. The van der Waals surface area contributed by atoms with Crippen LogP contribution in [0.2, 0.25) is 0 Å². The van der Waals surface area contributed by atoms with E-state index in [2.05, 4.69) is 20.7 Å². The smallest absolute Gasteiger partial charge is 0.321 e. The van der Waals surface area contributed by atoms with Crippen LogP contribution in [-0.4, -0.2) is 33.1 Å². The molecule has 142 valence electrons. The summed E-state index contributed by atoms with van der Waals surface area (Å²) >= 11 is 0. The minimum absolute atomic E-state index is 0.0228. The van der Waals surface area contributed by atoms with Crippen LogP contribution in [0.25, 0.3) is 5.65 Å². The zero-order chi connectivity index (χ0) is 19.4. The van der Waals surface area contributed by atoms with Crippen LogP contribution in [0, 0.1) is 11.6 Å². The molecule has 2 N–H and O–H groups in total. The van der Waals surface area contributed by atoms with E-state index in [1.807, 2.05) is 0 Å². The van der Waals surface area contributed by atoms with Crippen molar-refractivity contribution >= 4 is 17.6 Å². The fourth-order valence-electron chi connectivity index (χ4n) is 3.84. The molecule has 2 aromatic heterocycles. The highest BCUT2D eigenvalue weighted by atomic mass is 19.1. The van der Waals surface area contributed by atoms with Gasteiger partial charge in [0.1, 0.15) is 11.6 Å². The molecule has 0 radical (unpaired) electrons. The number of amides is 3. The molecule has 3 atom stereocenters. The number of nitrogens with one attached hydrogen (secondary N) is 2. The monoisotopic (exact) mass is 383 g/mol. The number of benzene rings is 1. The molecule has 3 heterocycles. The molecule has 0 spiro atoms. The van der Waals surface area contributed by atoms with Gasteiger partial charge in [0.05, 0.1) is 17.8 Å². The number of imide groups is 1. The Morgan fingerprint density at radius 1 is 1.11 bits per heavy atom. The fraction of sp³-hybridized carbons (Fsp3) is 0.263. The number of halogens is 2. The summed E-state index contributed by atoms with van der Waals surface area (Å²) in [7, 11) is 0. The molecule has 7 nitrogen and oxygen atoms in total. The van der Waals surface area contributed by atoms with E-state index in [9.17, 15) is 18.4 Å². The first-order valence-electron chi connectivity index (χ1n) is 8.89. The maximum atomic E-state index is 14.2. The zero-order valence-electron chi connectivity index (χ0n) is 14.5. The Kier molecular flexibility index (Phi) is 3.65. The summed E-state index contributed by atoms with van der Waals surface area (Å²) in [5, 5.41) is 9.13. The summed E-state index contributed by atoms with van der Waals surface area (Å²) in [5.41, 5.74) is 2.37. The van der Waals surface area contributed by atoms with E-state index in [0.29, 0.717) is 23.3 Å². The second kappa shape index (κ2) is 6.08. The highest BCUT2D eigenvalue weighted by Crippen LogP contribution is 2.55. The lowest BCUT2D eigenvalue weighted by Crippen LogP contribution is -2.51. The molecule has 2 aliphatic rings. The van der Waals surface area contributed by atoms with Gasteiger partial charge in [0.15, 0.2) is 5.65 Å². The number of urea groups is 1. The van der Waals surface area contributed by atoms with Gasteiger partial charge in [-0.1, -0.05) is 6.07 Å². The van der Waals surface area contributed by atoms with E-state index in [4.69, 9.17) is 0 Å². The highest BCUT2D eigenvalue weighted by molar-refractivity contribution is 6.00. The molecule has 1 aliphatic heterocycles. The summed E-state index contributed by atoms with van der Waals surface area (Å²) in [6, 6.07) is 6.60. The Bertz CT molecular complexity index is 1130. The number of carbonyl (C=O) groups excluding carboxylic acids is 2. The number of aromatic nitrogens is 3. The van der Waals surface area contributed by atoms with Crippen LogP contribution >= 0.6 is 0 Å². The molecule has 5 rings (SSSR count). The SMILES string of the molecule is O=C1NCC(c2cc([C@H]3C[C@@H]3c3ccc(F)cc3F)n3nccc3n2)C(=O)N1. The van der Waals surface area contributed by atoms with Gasteiger partial charge in [-0.3, -0.25) is 10.1 Å². The van der Waals surface area contributed by atoms with Gasteiger partial charge >= 0.3 is 6.03 Å². The van der Waals surface area contributed by atoms with Crippen molar-refractivity contribution in [3.63, 3.8) is 0 Å². The van der Waals surface area contributed by atoms with E-state index in [1.54, 1.807) is 22.8 Å². The molecule has 3 aromatic rings. The largest absolute Gasteiger partial charge is 0.337 e. The molecule has 1 saturated carbocycles. The molecule has 0 bridgehead atoms. The Labute approximate surface area is 157 Å². The summed E-state index contributed by atoms with van der Waals surface area (Å²) in [4.78, 5) is 28.0. The highest BCUT2D eigenvalue weighted by Gasteiger charge is 2.43. The Hall–Kier alpha value is -3.36. The van der Waals surface area contributed by atoms with E-state index < -0.39 is 29.5 Å². The number of nitrogens with zero attached hydrogens (tertiary/aromatic N) is 3. The molecular weight excluding hydrogens is 368 g/mol. The van der Waals surface area contributed by atoms with Gasteiger partial charge in [-0.2, -0.15) is 5.10 Å². The molecule has 28 heavy (non-hydrogen) atoms. The zero-order valence-corrected chi connectivity index (χ0v) is 14.5. The van der Waals surface area contributed by atoms with E-state index in [-0.39, 0.29) is 18.4 Å². The molecule has 1 unspecified atom stereocenters. The Morgan fingerprint density at radius 3 is 2.75 bits per heavy atom. The van der Waals surface area contributed by atoms with Crippen LogP contribution in [0.15, 0.2) is 36.5 Å². The fourth-order valence-corrected chi connectivity index (χ4v) is 3.84. The summed E-state index contributed by atoms with van der Waals surface area (Å²) in [6.45, 7) is 0.155. The first-order chi connectivity index (χ1) is 13.5. The minimum atomic E-state index is -0.615. The lowest BCUT2D eigenvalue weighted by molar-refractivity contribution is -0.122. The molecule has 1 saturated heterocycles. The van der Waals surface area contributed by atoms with Crippen molar-refractivity contribution in [1.29, 1.82) is 0 Å². The van der Waals surface area contributed by atoms with E-state index in [0.717, 1.165) is 11.8 Å². The maximum absolute atomic E-state index is 14.2. The predicted octanol–water partition coefficient (Wildman–Crippen LogP) is 2.20. The topological polar surface area (TPSA) is 88.4 Å². The number of carbonyl (C=O) groups is 2. The van der Waals surface area contributed by atoms with Crippen LogP contribution < -0.4 is 10.6 Å². The normalized spacial score (nSPS) is 24.1. The van der Waals surface area contributed by atoms with Gasteiger partial charge < -0.3 is 5.32 Å². The maximum Gasteiger partial charge on any atom is 0.321 e. The lowest BCUT2D eigenvalue weighted by Gasteiger charge is -2.22. The standard InChI is InChI=1S/C19H15F2N5O2/c20-9-1-2-10(14(21)5-9)11-6-12(11)16-7-15(24-17-3-4-23-26(16)17)13-8-22-19(28)25-18(13)27/h1-5,7,11-13H,6,8H2,(H2,22,25,27,28)/t11-,12+,13?/m1/s1. The third-order valence-electron chi connectivity index (χ3n) is 5.32. The molecular formula is C19H15F2N5O2. The van der Waals surface area contributed by atoms with Crippen LogP contribution in [0.4, 0.5) is 13.6 Å². The third kappa shape index (κ3) is 2.70. The van der Waals surface area contributed by atoms with Gasteiger partial charge in [-0.25, -0.2) is 23.1 Å².